The Labute approximate surface area is 99.2 Å². The van der Waals surface area contributed by atoms with Gasteiger partial charge in [-0.05, 0) is 0 Å². The van der Waals surface area contributed by atoms with Crippen molar-refractivity contribution in [1.82, 2.24) is 0 Å². The second kappa shape index (κ2) is 8.42. The van der Waals surface area contributed by atoms with Crippen LogP contribution in [0, 0.1) is 0 Å². The Kier molecular flexibility index (Phi) is 8.57. The van der Waals surface area contributed by atoms with Crippen molar-refractivity contribution in [2.75, 3.05) is 0 Å². The van der Waals surface area contributed by atoms with Crippen LogP contribution in [-0.2, 0) is 7.87 Å². The maximum atomic E-state index is 11.2. The zero-order valence-corrected chi connectivity index (χ0v) is 13.6. The van der Waals surface area contributed by atoms with Gasteiger partial charge in [0, 0.05) is 0 Å². The van der Waals surface area contributed by atoms with Crippen molar-refractivity contribution in [2.45, 2.75) is 66.7 Å². The van der Waals surface area contributed by atoms with E-state index in [4.69, 9.17) is 3.07 Å². The molecule has 0 aliphatic rings. The molecule has 0 spiro atoms. The average Bonchev–Trinajstić information content (AvgIpc) is 2.14. The summed E-state index contributed by atoms with van der Waals surface area (Å²) in [6.45, 7) is 8.19. The van der Waals surface area contributed by atoms with Gasteiger partial charge < -0.3 is 0 Å². The Morgan fingerprint density at radius 3 is 1.87 bits per heavy atom. The third-order valence-electron chi connectivity index (χ3n) is 2.76. The van der Waals surface area contributed by atoms with E-state index in [2.05, 4.69) is 20.8 Å². The summed E-state index contributed by atoms with van der Waals surface area (Å²) in [7, 11) is 0. The number of rotatable bonds is 8. The summed E-state index contributed by atoms with van der Waals surface area (Å²) in [5, 5.41) is 0. The Balaban J connectivity index is 4.47. The summed E-state index contributed by atoms with van der Waals surface area (Å²) in [5.74, 6) is -0.0381. The Morgan fingerprint density at radius 2 is 1.53 bits per heavy atom. The predicted molar refractivity (Wildman–Crippen MR) is 67.4 cm³/mol. The van der Waals surface area contributed by atoms with Crippen LogP contribution in [0.15, 0.2) is 0 Å². The van der Waals surface area contributed by atoms with Gasteiger partial charge in [0.15, 0.2) is 0 Å². The van der Waals surface area contributed by atoms with Crippen LogP contribution < -0.4 is 0 Å². The summed E-state index contributed by atoms with van der Waals surface area (Å²) < 4.78 is 9.44. The van der Waals surface area contributed by atoms with Crippen molar-refractivity contribution in [3.8, 4) is 0 Å². The molecule has 0 unspecified atom stereocenters. The molecule has 0 aromatic heterocycles. The van der Waals surface area contributed by atoms with Gasteiger partial charge in [0.25, 0.3) is 0 Å². The average molecular weight is 321 g/mol. The summed E-state index contributed by atoms with van der Waals surface area (Å²) >= 11 is -2.52. The van der Waals surface area contributed by atoms with Gasteiger partial charge >= 0.3 is 99.3 Å². The fourth-order valence-corrected chi connectivity index (χ4v) is 15.0. The molecular formula is C12H26O2Sn. The molecule has 0 bridgehead atoms. The van der Waals surface area contributed by atoms with Crippen LogP contribution in [-0.4, -0.2) is 24.8 Å². The molecule has 15 heavy (non-hydrogen) atoms. The third kappa shape index (κ3) is 6.44. The molecular weight excluding hydrogens is 295 g/mol. The molecule has 0 saturated heterocycles. The molecule has 0 heterocycles. The van der Waals surface area contributed by atoms with Crippen LogP contribution in [0.1, 0.15) is 53.4 Å². The van der Waals surface area contributed by atoms with Crippen molar-refractivity contribution in [1.29, 1.82) is 0 Å². The molecule has 0 N–H and O–H groups in total. The van der Waals surface area contributed by atoms with Crippen molar-refractivity contribution in [3.05, 3.63) is 0 Å². The fourth-order valence-electron chi connectivity index (χ4n) is 2.24. The number of carbonyl (C=O) groups excluding carboxylic acids is 1. The quantitative estimate of drug-likeness (QED) is 0.629. The molecule has 0 rings (SSSR count). The van der Waals surface area contributed by atoms with Gasteiger partial charge in [-0.3, -0.25) is 0 Å². The zero-order chi connectivity index (χ0) is 11.7. The first-order chi connectivity index (χ1) is 7.10. The second-order valence-electron chi connectivity index (χ2n) is 4.38. The van der Waals surface area contributed by atoms with Crippen LogP contribution in [0.3, 0.4) is 0 Å². The van der Waals surface area contributed by atoms with Crippen LogP contribution in [0.5, 0.6) is 0 Å². The Hall–Kier alpha value is 0.269. The minimum atomic E-state index is -2.52. The number of carbonyl (C=O) groups is 1. The van der Waals surface area contributed by atoms with E-state index in [0.29, 0.717) is 0 Å². The third-order valence-corrected chi connectivity index (χ3v) is 16.5. The van der Waals surface area contributed by atoms with Crippen molar-refractivity contribution >= 4 is 24.8 Å². The molecule has 90 valence electrons. The van der Waals surface area contributed by atoms with Gasteiger partial charge in [0.1, 0.15) is 0 Å². The standard InChI is InChI=1S/C4H9.2C3H7.C2H4O2.Sn/c1-3-4-2;2*1-3-2;1-2(3)4;/h1,3-4H2,2H3;2*1,3H2,2H3;1H3,(H,3,4);/q;;;;+1/p-1. The van der Waals surface area contributed by atoms with Gasteiger partial charge in [0.2, 0.25) is 0 Å². The first kappa shape index (κ1) is 15.3. The number of hydrogen-bond donors (Lipinski definition) is 0. The molecule has 2 nitrogen and oxygen atoms in total. The van der Waals surface area contributed by atoms with Crippen molar-refractivity contribution in [2.24, 2.45) is 0 Å². The van der Waals surface area contributed by atoms with E-state index < -0.39 is 18.8 Å². The molecule has 3 heteroatoms. The number of unbranched alkanes of at least 4 members (excludes halogenated alkanes) is 1. The van der Waals surface area contributed by atoms with Crippen molar-refractivity contribution < 1.29 is 7.87 Å². The normalized spacial score (nSPS) is 11.5. The molecule has 0 aromatic carbocycles. The SMILES string of the molecule is CCC[CH2][Sn]([CH2]CC)([CH2]CC)[O]C(C)=O. The van der Waals surface area contributed by atoms with Gasteiger partial charge in [-0.25, -0.2) is 0 Å². The zero-order valence-electron chi connectivity index (χ0n) is 10.8. The van der Waals surface area contributed by atoms with Crippen LogP contribution >= 0.6 is 0 Å². The molecule has 0 aliphatic carbocycles. The van der Waals surface area contributed by atoms with Crippen LogP contribution in [0.4, 0.5) is 0 Å². The van der Waals surface area contributed by atoms with E-state index in [-0.39, 0.29) is 5.97 Å². The minimum absolute atomic E-state index is 0.0381. The fraction of sp³-hybridized carbons (Fsp3) is 0.917. The molecule has 0 saturated carbocycles. The molecule has 0 amide bonds. The number of hydrogen-bond acceptors (Lipinski definition) is 2. The van der Waals surface area contributed by atoms with E-state index in [1.165, 1.54) is 39.0 Å². The summed E-state index contributed by atoms with van der Waals surface area (Å²) in [6.07, 6.45) is 4.80. The molecule has 0 radical (unpaired) electrons. The maximum absolute atomic E-state index is 11.2. The molecule has 0 aromatic rings. The van der Waals surface area contributed by atoms with E-state index >= 15 is 0 Å². The summed E-state index contributed by atoms with van der Waals surface area (Å²) in [5.41, 5.74) is 0. The predicted octanol–water partition coefficient (Wildman–Crippen LogP) is 4.12. The molecule has 0 atom stereocenters. The summed E-state index contributed by atoms with van der Waals surface area (Å²) in [4.78, 5) is 11.2. The van der Waals surface area contributed by atoms with Gasteiger partial charge in [0.05, 0.1) is 0 Å². The molecule has 0 fully saturated rings. The van der Waals surface area contributed by atoms with E-state index in [0.717, 1.165) is 0 Å². The van der Waals surface area contributed by atoms with Crippen molar-refractivity contribution in [3.63, 3.8) is 0 Å². The molecule has 0 aliphatic heterocycles. The van der Waals surface area contributed by atoms with E-state index in [1.54, 1.807) is 6.92 Å². The monoisotopic (exact) mass is 322 g/mol. The summed E-state index contributed by atoms with van der Waals surface area (Å²) in [6, 6.07) is 0. The Bertz CT molecular complexity index is 174. The van der Waals surface area contributed by atoms with Crippen LogP contribution in [0.2, 0.25) is 13.3 Å². The second-order valence-corrected chi connectivity index (χ2v) is 16.0. The van der Waals surface area contributed by atoms with Gasteiger partial charge in [-0.1, -0.05) is 0 Å². The van der Waals surface area contributed by atoms with E-state index in [1.807, 2.05) is 0 Å². The van der Waals surface area contributed by atoms with Gasteiger partial charge in [-0.15, -0.1) is 0 Å². The van der Waals surface area contributed by atoms with Gasteiger partial charge in [-0.2, -0.15) is 0 Å². The Morgan fingerprint density at radius 1 is 1.00 bits per heavy atom. The van der Waals surface area contributed by atoms with Crippen LogP contribution in [0.25, 0.3) is 0 Å². The first-order valence-electron chi connectivity index (χ1n) is 6.29. The van der Waals surface area contributed by atoms with E-state index in [9.17, 15) is 4.79 Å². The topological polar surface area (TPSA) is 26.3 Å². The first-order valence-corrected chi connectivity index (χ1v) is 13.5.